The smallest absolute Gasteiger partial charge is 0.323 e. The highest BCUT2D eigenvalue weighted by molar-refractivity contribution is 6.29. The first-order chi connectivity index (χ1) is 8.46. The Morgan fingerprint density at radius 1 is 1.39 bits per heavy atom. The Morgan fingerprint density at radius 3 is 2.61 bits per heavy atom. The molecule has 0 aliphatic carbocycles. The maximum Gasteiger partial charge on any atom is 0.325 e. The molecular weight excluding hydrogens is 256 g/mol. The monoisotopic (exact) mass is 268 g/mol. The van der Waals surface area contributed by atoms with E-state index in [2.05, 4.69) is 15.3 Å². The van der Waals surface area contributed by atoms with Gasteiger partial charge in [-0.15, -0.1) is 0 Å². The van der Waals surface area contributed by atoms with Crippen LogP contribution in [0.15, 0.2) is 12.4 Å². The third-order valence-electron chi connectivity index (χ3n) is 3.05. The van der Waals surface area contributed by atoms with Crippen LogP contribution in [0, 0.1) is 0 Å². The molecule has 96 valence electrons. The molecule has 0 saturated carbocycles. The Hall–Kier alpha value is -1.69. The van der Waals surface area contributed by atoms with E-state index in [0.717, 1.165) is 4.90 Å². The highest BCUT2D eigenvalue weighted by atomic mass is 35.5. The van der Waals surface area contributed by atoms with Crippen LogP contribution in [0.4, 0.5) is 4.79 Å². The molecule has 0 spiro atoms. The van der Waals surface area contributed by atoms with Crippen molar-refractivity contribution < 1.29 is 9.59 Å². The summed E-state index contributed by atoms with van der Waals surface area (Å²) < 4.78 is 0. The van der Waals surface area contributed by atoms with Gasteiger partial charge in [0.2, 0.25) is 0 Å². The number of urea groups is 1. The van der Waals surface area contributed by atoms with Gasteiger partial charge in [-0.25, -0.2) is 9.78 Å². The Morgan fingerprint density at radius 2 is 2.11 bits per heavy atom. The van der Waals surface area contributed by atoms with E-state index in [4.69, 9.17) is 11.6 Å². The number of aromatic nitrogens is 2. The molecule has 0 aromatic carbocycles. The van der Waals surface area contributed by atoms with Gasteiger partial charge in [0.25, 0.3) is 5.91 Å². The second-order valence-corrected chi connectivity index (χ2v) is 4.72. The number of nitrogens with zero attached hydrogens (tertiary/aromatic N) is 3. The molecule has 6 nitrogen and oxygen atoms in total. The zero-order chi connectivity index (χ0) is 13.3. The van der Waals surface area contributed by atoms with Gasteiger partial charge in [-0.1, -0.05) is 18.5 Å². The van der Waals surface area contributed by atoms with Gasteiger partial charge >= 0.3 is 6.03 Å². The minimum atomic E-state index is -0.822. The lowest BCUT2D eigenvalue weighted by Gasteiger charge is -2.18. The molecule has 0 bridgehead atoms. The fourth-order valence-electron chi connectivity index (χ4n) is 1.71. The van der Waals surface area contributed by atoms with Crippen molar-refractivity contribution in [2.45, 2.75) is 32.4 Å². The van der Waals surface area contributed by atoms with Crippen molar-refractivity contribution in [2.75, 3.05) is 0 Å². The molecule has 2 heterocycles. The Kier molecular flexibility index (Phi) is 3.21. The first kappa shape index (κ1) is 12.8. The molecule has 1 aliphatic rings. The first-order valence-corrected chi connectivity index (χ1v) is 5.94. The van der Waals surface area contributed by atoms with E-state index in [1.54, 1.807) is 6.92 Å². The maximum absolute atomic E-state index is 12.1. The van der Waals surface area contributed by atoms with Crippen LogP contribution in [0.2, 0.25) is 5.15 Å². The highest BCUT2D eigenvalue weighted by Crippen LogP contribution is 2.22. The van der Waals surface area contributed by atoms with Gasteiger partial charge in [-0.3, -0.25) is 14.7 Å². The van der Waals surface area contributed by atoms with Crippen molar-refractivity contribution in [1.82, 2.24) is 20.2 Å². The van der Waals surface area contributed by atoms with Crippen LogP contribution in [-0.4, -0.2) is 32.3 Å². The zero-order valence-electron chi connectivity index (χ0n) is 10.1. The average molecular weight is 269 g/mol. The van der Waals surface area contributed by atoms with E-state index in [1.165, 1.54) is 12.4 Å². The molecule has 1 unspecified atom stereocenters. The lowest BCUT2D eigenvalue weighted by molar-refractivity contribution is -0.131. The number of rotatable bonds is 3. The van der Waals surface area contributed by atoms with Crippen molar-refractivity contribution in [1.29, 1.82) is 0 Å². The van der Waals surface area contributed by atoms with E-state index in [-0.39, 0.29) is 17.6 Å². The van der Waals surface area contributed by atoms with E-state index in [1.807, 2.05) is 6.92 Å². The van der Waals surface area contributed by atoms with Crippen LogP contribution < -0.4 is 5.32 Å². The fraction of sp³-hybridized carbons (Fsp3) is 0.455. The van der Waals surface area contributed by atoms with Crippen molar-refractivity contribution in [3.63, 3.8) is 0 Å². The Labute approximate surface area is 109 Å². The van der Waals surface area contributed by atoms with E-state index >= 15 is 0 Å². The summed E-state index contributed by atoms with van der Waals surface area (Å²) in [4.78, 5) is 32.9. The second-order valence-electron chi connectivity index (χ2n) is 4.34. The summed E-state index contributed by atoms with van der Waals surface area (Å²) in [6, 6.07) is -0.402. The number of hydrogen-bond donors (Lipinski definition) is 1. The third-order valence-corrected chi connectivity index (χ3v) is 3.24. The van der Waals surface area contributed by atoms with Crippen molar-refractivity contribution >= 4 is 23.5 Å². The molecule has 18 heavy (non-hydrogen) atoms. The molecule has 1 aliphatic heterocycles. The molecule has 1 atom stereocenters. The number of halogens is 1. The number of nitrogens with one attached hydrogen (secondary N) is 1. The summed E-state index contributed by atoms with van der Waals surface area (Å²) in [5.41, 5.74) is -0.306. The number of amides is 3. The normalized spacial score (nSPS) is 23.4. The topological polar surface area (TPSA) is 75.2 Å². The van der Waals surface area contributed by atoms with Crippen LogP contribution in [0.5, 0.6) is 0 Å². The van der Waals surface area contributed by atoms with Gasteiger partial charge in [-0.2, -0.15) is 0 Å². The summed E-state index contributed by atoms with van der Waals surface area (Å²) in [6.45, 7) is 3.66. The third kappa shape index (κ3) is 2.15. The largest absolute Gasteiger partial charge is 0.325 e. The summed E-state index contributed by atoms with van der Waals surface area (Å²) in [7, 11) is 0. The van der Waals surface area contributed by atoms with E-state index in [0.29, 0.717) is 12.1 Å². The van der Waals surface area contributed by atoms with Crippen molar-refractivity contribution in [3.8, 4) is 0 Å². The Balaban J connectivity index is 2.17. The fourth-order valence-corrected chi connectivity index (χ4v) is 1.81. The Bertz CT molecular complexity index is 490. The molecule has 1 aromatic rings. The van der Waals surface area contributed by atoms with Crippen LogP contribution in [0.3, 0.4) is 0 Å². The van der Waals surface area contributed by atoms with Crippen LogP contribution in [0.1, 0.15) is 26.0 Å². The van der Waals surface area contributed by atoms with Crippen LogP contribution in [0.25, 0.3) is 0 Å². The predicted molar refractivity (Wildman–Crippen MR) is 64.8 cm³/mol. The SMILES string of the molecule is CCC1(C)NC(=O)N(Cc2cnc(Cl)cn2)C1=O. The molecule has 7 heteroatoms. The number of imide groups is 1. The van der Waals surface area contributed by atoms with Gasteiger partial charge in [0.05, 0.1) is 24.6 Å². The number of carbonyl (C=O) groups is 2. The van der Waals surface area contributed by atoms with E-state index in [9.17, 15) is 9.59 Å². The average Bonchev–Trinajstić information content (AvgIpc) is 2.56. The summed E-state index contributed by atoms with van der Waals surface area (Å²) in [5.74, 6) is -0.244. The van der Waals surface area contributed by atoms with Gasteiger partial charge in [0.1, 0.15) is 10.7 Å². The molecule has 1 aromatic heterocycles. The van der Waals surface area contributed by atoms with E-state index < -0.39 is 11.6 Å². The van der Waals surface area contributed by atoms with Gasteiger partial charge in [0.15, 0.2) is 0 Å². The molecule has 1 fully saturated rings. The quantitative estimate of drug-likeness (QED) is 0.840. The van der Waals surface area contributed by atoms with Crippen LogP contribution >= 0.6 is 11.6 Å². The minimum Gasteiger partial charge on any atom is -0.323 e. The summed E-state index contributed by atoms with van der Waals surface area (Å²) >= 11 is 5.62. The molecule has 1 saturated heterocycles. The lowest BCUT2D eigenvalue weighted by atomic mass is 9.99. The molecule has 0 radical (unpaired) electrons. The molecular formula is C11H13ClN4O2. The summed E-state index contributed by atoms with van der Waals surface area (Å²) in [6.07, 6.45) is 3.37. The van der Waals surface area contributed by atoms with Crippen molar-refractivity contribution in [3.05, 3.63) is 23.2 Å². The molecule has 1 N–H and O–H groups in total. The molecule has 3 amide bonds. The lowest BCUT2D eigenvalue weighted by Crippen LogP contribution is -2.43. The number of hydrogen-bond acceptors (Lipinski definition) is 4. The second kappa shape index (κ2) is 4.53. The minimum absolute atomic E-state index is 0.102. The summed E-state index contributed by atoms with van der Waals surface area (Å²) in [5, 5.41) is 2.95. The predicted octanol–water partition coefficient (Wildman–Crippen LogP) is 1.35. The zero-order valence-corrected chi connectivity index (χ0v) is 10.9. The van der Waals surface area contributed by atoms with Crippen LogP contribution in [-0.2, 0) is 11.3 Å². The van der Waals surface area contributed by atoms with Gasteiger partial charge in [0, 0.05) is 0 Å². The first-order valence-electron chi connectivity index (χ1n) is 5.57. The maximum atomic E-state index is 12.1. The molecule has 2 rings (SSSR count). The standard InChI is InChI=1S/C11H13ClN4O2/c1-3-11(2)9(17)16(10(18)15-11)6-7-4-14-8(12)5-13-7/h4-5H,3,6H2,1-2H3,(H,15,18). The van der Waals surface area contributed by atoms with Gasteiger partial charge < -0.3 is 5.32 Å². The van der Waals surface area contributed by atoms with Crippen molar-refractivity contribution in [2.24, 2.45) is 0 Å². The van der Waals surface area contributed by atoms with Gasteiger partial charge in [-0.05, 0) is 13.3 Å². The highest BCUT2D eigenvalue weighted by Gasteiger charge is 2.46. The number of carbonyl (C=O) groups excluding carboxylic acids is 2.